The van der Waals surface area contributed by atoms with Crippen molar-refractivity contribution < 1.29 is 14.3 Å². The molecule has 5 heteroatoms. The molecule has 0 fully saturated rings. The van der Waals surface area contributed by atoms with Crippen LogP contribution >= 0.6 is 0 Å². The highest BCUT2D eigenvalue weighted by molar-refractivity contribution is 6.11. The number of amides is 2. The van der Waals surface area contributed by atoms with Crippen molar-refractivity contribution in [1.29, 1.82) is 0 Å². The molecular weight excluding hydrogens is 376 g/mol. The molecule has 0 atom stereocenters. The Labute approximate surface area is 176 Å². The van der Waals surface area contributed by atoms with Crippen LogP contribution in [0.4, 0.5) is 11.4 Å². The average Bonchev–Trinajstić information content (AvgIpc) is 2.81. The summed E-state index contributed by atoms with van der Waals surface area (Å²) in [7, 11) is 0. The van der Waals surface area contributed by atoms with E-state index in [0.29, 0.717) is 34.9 Å². The number of rotatable bonds is 3. The molecule has 3 aromatic rings. The summed E-state index contributed by atoms with van der Waals surface area (Å²) in [4.78, 5) is 27.8. The molecule has 1 N–H and O–H groups in total. The Hall–Kier alpha value is -3.60. The lowest BCUT2D eigenvalue weighted by atomic mass is 9.99. The average molecular weight is 400 g/mol. The van der Waals surface area contributed by atoms with E-state index in [0.717, 1.165) is 22.4 Å². The highest BCUT2D eigenvalue weighted by Crippen LogP contribution is 2.39. The number of anilines is 2. The molecule has 1 heterocycles. The van der Waals surface area contributed by atoms with Crippen LogP contribution in [0, 0.1) is 20.8 Å². The van der Waals surface area contributed by atoms with Gasteiger partial charge in [0.05, 0.1) is 11.3 Å². The number of benzene rings is 3. The molecule has 1 aliphatic heterocycles. The van der Waals surface area contributed by atoms with E-state index in [2.05, 4.69) is 5.32 Å². The molecule has 0 spiro atoms. The standard InChI is InChI=1S/C25H24N2O3/c1-5-27-20-8-6-7-9-22(20)30-21-11-10-18(14-19(21)25(27)29)26-24(28)23-16(3)12-15(2)13-17(23)4/h6-14H,5H2,1-4H3,(H,26,28). The molecular formula is C25H24N2O3. The zero-order chi connectivity index (χ0) is 21.4. The summed E-state index contributed by atoms with van der Waals surface area (Å²) in [5.41, 5.74) is 5.32. The number of hydrogen-bond acceptors (Lipinski definition) is 3. The second kappa shape index (κ2) is 7.67. The number of ether oxygens (including phenoxy) is 1. The first-order chi connectivity index (χ1) is 14.4. The Bertz CT molecular complexity index is 1140. The Balaban J connectivity index is 1.69. The third-order valence-corrected chi connectivity index (χ3v) is 5.31. The maximum absolute atomic E-state index is 13.2. The third-order valence-electron chi connectivity index (χ3n) is 5.31. The summed E-state index contributed by atoms with van der Waals surface area (Å²) in [6.07, 6.45) is 0. The van der Waals surface area contributed by atoms with Crippen molar-refractivity contribution in [2.45, 2.75) is 27.7 Å². The van der Waals surface area contributed by atoms with Gasteiger partial charge in [-0.2, -0.15) is 0 Å². The van der Waals surface area contributed by atoms with Gasteiger partial charge in [-0.05, 0) is 69.2 Å². The number of carbonyl (C=O) groups excluding carboxylic acids is 2. The lowest BCUT2D eigenvalue weighted by Crippen LogP contribution is -2.29. The first-order valence-electron chi connectivity index (χ1n) is 10.0. The van der Waals surface area contributed by atoms with E-state index in [4.69, 9.17) is 4.74 Å². The van der Waals surface area contributed by atoms with Crippen LogP contribution in [0.5, 0.6) is 11.5 Å². The molecule has 0 aliphatic carbocycles. The van der Waals surface area contributed by atoms with Gasteiger partial charge in [-0.3, -0.25) is 9.59 Å². The van der Waals surface area contributed by atoms with Crippen LogP contribution in [0.2, 0.25) is 0 Å². The molecule has 0 saturated heterocycles. The summed E-state index contributed by atoms with van der Waals surface area (Å²) in [5, 5.41) is 2.94. The maximum Gasteiger partial charge on any atom is 0.262 e. The smallest absolute Gasteiger partial charge is 0.262 e. The number of para-hydroxylation sites is 2. The SMILES string of the molecule is CCN1C(=O)c2cc(NC(=O)c3c(C)cc(C)cc3C)ccc2Oc2ccccc21. The number of carbonyl (C=O) groups is 2. The molecule has 30 heavy (non-hydrogen) atoms. The maximum atomic E-state index is 13.2. The summed E-state index contributed by atoms with van der Waals surface area (Å²) in [5.74, 6) is 0.761. The quantitative estimate of drug-likeness (QED) is 0.619. The van der Waals surface area contributed by atoms with Crippen LogP contribution in [-0.2, 0) is 0 Å². The molecule has 4 rings (SSSR count). The van der Waals surface area contributed by atoms with Gasteiger partial charge in [0.15, 0.2) is 5.75 Å². The highest BCUT2D eigenvalue weighted by Gasteiger charge is 2.27. The van der Waals surface area contributed by atoms with Crippen molar-refractivity contribution in [2.24, 2.45) is 0 Å². The van der Waals surface area contributed by atoms with Crippen molar-refractivity contribution in [3.63, 3.8) is 0 Å². The Morgan fingerprint density at radius 1 is 0.967 bits per heavy atom. The number of aryl methyl sites for hydroxylation is 3. The monoisotopic (exact) mass is 400 g/mol. The molecule has 5 nitrogen and oxygen atoms in total. The van der Waals surface area contributed by atoms with E-state index < -0.39 is 0 Å². The minimum atomic E-state index is -0.192. The fourth-order valence-electron chi connectivity index (χ4n) is 4.05. The molecule has 1 aliphatic rings. The van der Waals surface area contributed by atoms with Gasteiger partial charge in [-0.1, -0.05) is 29.8 Å². The topological polar surface area (TPSA) is 58.6 Å². The van der Waals surface area contributed by atoms with E-state index >= 15 is 0 Å². The number of nitrogens with zero attached hydrogens (tertiary/aromatic N) is 1. The van der Waals surface area contributed by atoms with E-state index in [1.54, 1.807) is 23.1 Å². The van der Waals surface area contributed by atoms with Crippen LogP contribution in [-0.4, -0.2) is 18.4 Å². The van der Waals surface area contributed by atoms with E-state index in [1.165, 1.54) is 0 Å². The predicted molar refractivity (Wildman–Crippen MR) is 119 cm³/mol. The minimum Gasteiger partial charge on any atom is -0.454 e. The van der Waals surface area contributed by atoms with Crippen molar-refractivity contribution >= 4 is 23.2 Å². The van der Waals surface area contributed by atoms with Crippen LogP contribution in [0.25, 0.3) is 0 Å². The molecule has 0 saturated carbocycles. The molecule has 3 aromatic carbocycles. The van der Waals surface area contributed by atoms with E-state index in [9.17, 15) is 9.59 Å². The Morgan fingerprint density at radius 3 is 2.37 bits per heavy atom. The van der Waals surface area contributed by atoms with Gasteiger partial charge < -0.3 is 15.0 Å². The molecule has 152 valence electrons. The van der Waals surface area contributed by atoms with Gasteiger partial charge in [0.25, 0.3) is 11.8 Å². The Kier molecular flexibility index (Phi) is 5.04. The van der Waals surface area contributed by atoms with Crippen molar-refractivity contribution in [3.8, 4) is 11.5 Å². The highest BCUT2D eigenvalue weighted by atomic mass is 16.5. The molecule has 0 unspecified atom stereocenters. The molecule has 0 bridgehead atoms. The molecule has 0 aromatic heterocycles. The predicted octanol–water partition coefficient (Wildman–Crippen LogP) is 5.64. The summed E-state index contributed by atoms with van der Waals surface area (Å²) in [6, 6.07) is 16.6. The largest absolute Gasteiger partial charge is 0.454 e. The lowest BCUT2D eigenvalue weighted by Gasteiger charge is -2.20. The van der Waals surface area contributed by atoms with Gasteiger partial charge >= 0.3 is 0 Å². The third kappa shape index (κ3) is 3.43. The van der Waals surface area contributed by atoms with Gasteiger partial charge in [0, 0.05) is 17.8 Å². The minimum absolute atomic E-state index is 0.156. The van der Waals surface area contributed by atoms with Crippen LogP contribution in [0.15, 0.2) is 54.6 Å². The van der Waals surface area contributed by atoms with Gasteiger partial charge in [-0.15, -0.1) is 0 Å². The van der Waals surface area contributed by atoms with Crippen LogP contribution in [0.3, 0.4) is 0 Å². The van der Waals surface area contributed by atoms with Crippen molar-refractivity contribution in [1.82, 2.24) is 0 Å². The Morgan fingerprint density at radius 2 is 1.67 bits per heavy atom. The zero-order valence-electron chi connectivity index (χ0n) is 17.6. The first-order valence-corrected chi connectivity index (χ1v) is 10.0. The van der Waals surface area contributed by atoms with Gasteiger partial charge in [-0.25, -0.2) is 0 Å². The van der Waals surface area contributed by atoms with Gasteiger partial charge in [0.2, 0.25) is 0 Å². The lowest BCUT2D eigenvalue weighted by molar-refractivity contribution is 0.0985. The van der Waals surface area contributed by atoms with Gasteiger partial charge in [0.1, 0.15) is 5.75 Å². The van der Waals surface area contributed by atoms with Crippen LogP contribution < -0.4 is 15.0 Å². The summed E-state index contributed by atoms with van der Waals surface area (Å²) in [6.45, 7) is 8.31. The normalized spacial score (nSPS) is 12.5. The molecule has 2 amide bonds. The van der Waals surface area contributed by atoms with Crippen molar-refractivity contribution in [2.75, 3.05) is 16.8 Å². The zero-order valence-corrected chi connectivity index (χ0v) is 17.6. The summed E-state index contributed by atoms with van der Waals surface area (Å²) >= 11 is 0. The van der Waals surface area contributed by atoms with E-state index in [-0.39, 0.29) is 11.8 Å². The van der Waals surface area contributed by atoms with Crippen LogP contribution in [0.1, 0.15) is 44.3 Å². The number of fused-ring (bicyclic) bond motifs is 2. The number of hydrogen-bond donors (Lipinski definition) is 1. The van der Waals surface area contributed by atoms with Crippen molar-refractivity contribution in [3.05, 3.63) is 82.4 Å². The number of nitrogens with one attached hydrogen (secondary N) is 1. The van der Waals surface area contributed by atoms with E-state index in [1.807, 2.05) is 64.1 Å². The fourth-order valence-corrected chi connectivity index (χ4v) is 4.05. The first kappa shape index (κ1) is 19.7. The summed E-state index contributed by atoms with van der Waals surface area (Å²) < 4.78 is 6.03. The second-order valence-electron chi connectivity index (χ2n) is 7.56. The molecule has 0 radical (unpaired) electrons. The fraction of sp³-hybridized carbons (Fsp3) is 0.200. The second-order valence-corrected chi connectivity index (χ2v) is 7.56.